The zero-order valence-electron chi connectivity index (χ0n) is 11.1. The van der Waals surface area contributed by atoms with Crippen molar-refractivity contribution in [3.63, 3.8) is 0 Å². The molecular formula is C14H15Cl2N3O. The molecule has 4 nitrogen and oxygen atoms in total. The minimum atomic E-state index is 0.409. The lowest BCUT2D eigenvalue weighted by atomic mass is 10.1. The summed E-state index contributed by atoms with van der Waals surface area (Å²) in [6, 6.07) is 5.64. The van der Waals surface area contributed by atoms with Crippen LogP contribution in [-0.2, 0) is 6.42 Å². The second-order valence-electron chi connectivity index (χ2n) is 5.11. The minimum absolute atomic E-state index is 0.409. The number of benzene rings is 1. The molecule has 106 valence electrons. The van der Waals surface area contributed by atoms with E-state index >= 15 is 0 Å². The molecule has 1 unspecified atom stereocenters. The van der Waals surface area contributed by atoms with Gasteiger partial charge in [-0.1, -0.05) is 28.4 Å². The maximum Gasteiger partial charge on any atom is 0.228 e. The molecular weight excluding hydrogens is 297 g/mol. The number of likely N-dealkylation sites (N-methyl/N-ethyl adjacent to an activating group) is 1. The Labute approximate surface area is 127 Å². The van der Waals surface area contributed by atoms with Crippen LogP contribution in [0, 0.1) is 5.92 Å². The van der Waals surface area contributed by atoms with E-state index in [1.165, 1.54) is 12.8 Å². The molecule has 0 radical (unpaired) electrons. The fourth-order valence-electron chi connectivity index (χ4n) is 2.33. The predicted molar refractivity (Wildman–Crippen MR) is 79.0 cm³/mol. The fourth-order valence-corrected chi connectivity index (χ4v) is 2.86. The second-order valence-corrected chi connectivity index (χ2v) is 5.98. The van der Waals surface area contributed by atoms with Gasteiger partial charge in [0.2, 0.25) is 11.7 Å². The second kappa shape index (κ2) is 5.72. The van der Waals surface area contributed by atoms with Crippen molar-refractivity contribution in [1.29, 1.82) is 0 Å². The quantitative estimate of drug-likeness (QED) is 0.917. The highest BCUT2D eigenvalue weighted by Crippen LogP contribution is 2.34. The number of rotatable bonds is 5. The summed E-state index contributed by atoms with van der Waals surface area (Å²) in [5.74, 6) is 1.90. The van der Waals surface area contributed by atoms with Gasteiger partial charge < -0.3 is 9.84 Å². The van der Waals surface area contributed by atoms with Crippen LogP contribution in [0.3, 0.4) is 0 Å². The summed E-state index contributed by atoms with van der Waals surface area (Å²) >= 11 is 12.0. The van der Waals surface area contributed by atoms with E-state index in [-0.39, 0.29) is 0 Å². The van der Waals surface area contributed by atoms with Crippen LogP contribution in [0.1, 0.15) is 18.7 Å². The van der Waals surface area contributed by atoms with Gasteiger partial charge in [0.05, 0.1) is 0 Å². The Morgan fingerprint density at radius 1 is 1.30 bits per heavy atom. The minimum Gasteiger partial charge on any atom is -0.339 e. The molecule has 0 spiro atoms. The third-order valence-corrected chi connectivity index (χ3v) is 3.98. The van der Waals surface area contributed by atoms with E-state index in [2.05, 4.69) is 15.5 Å². The third kappa shape index (κ3) is 3.14. The van der Waals surface area contributed by atoms with Crippen molar-refractivity contribution >= 4 is 23.2 Å². The Balaban J connectivity index is 1.78. The van der Waals surface area contributed by atoms with Crippen molar-refractivity contribution in [2.24, 2.45) is 5.92 Å². The van der Waals surface area contributed by atoms with E-state index in [0.717, 1.165) is 17.9 Å². The van der Waals surface area contributed by atoms with Crippen LogP contribution < -0.4 is 5.32 Å². The molecule has 1 aromatic heterocycles. The molecule has 1 saturated carbocycles. The lowest BCUT2D eigenvalue weighted by Crippen LogP contribution is -2.29. The SMILES string of the molecule is CNC(Cc1nc(-c2cc(Cl)cc(Cl)c2)no1)C1CC1. The Hall–Kier alpha value is -1.10. The summed E-state index contributed by atoms with van der Waals surface area (Å²) in [6.45, 7) is 0. The lowest BCUT2D eigenvalue weighted by Gasteiger charge is -2.11. The van der Waals surface area contributed by atoms with Gasteiger partial charge in [-0.15, -0.1) is 0 Å². The number of hydrogen-bond acceptors (Lipinski definition) is 4. The molecule has 1 atom stereocenters. The van der Waals surface area contributed by atoms with Crippen LogP contribution >= 0.6 is 23.2 Å². The first kappa shape index (κ1) is 13.9. The first-order valence-electron chi connectivity index (χ1n) is 6.62. The fraction of sp³-hybridized carbons (Fsp3) is 0.429. The molecule has 1 aromatic carbocycles. The van der Waals surface area contributed by atoms with Crippen molar-refractivity contribution in [3.8, 4) is 11.4 Å². The standard InChI is InChI=1S/C14H15Cl2N3O/c1-17-12(8-2-3-8)7-13-18-14(19-20-13)9-4-10(15)6-11(16)5-9/h4-6,8,12,17H,2-3,7H2,1H3. The molecule has 0 bridgehead atoms. The Kier molecular flexibility index (Phi) is 3.96. The van der Waals surface area contributed by atoms with Gasteiger partial charge in [-0.25, -0.2) is 0 Å². The highest BCUT2D eigenvalue weighted by Gasteiger charge is 2.31. The average molecular weight is 312 g/mol. The van der Waals surface area contributed by atoms with Crippen LogP contribution in [0.4, 0.5) is 0 Å². The van der Waals surface area contributed by atoms with Crippen molar-refractivity contribution in [3.05, 3.63) is 34.1 Å². The van der Waals surface area contributed by atoms with Crippen LogP contribution in [0.25, 0.3) is 11.4 Å². The van der Waals surface area contributed by atoms with Gasteiger partial charge in [0.15, 0.2) is 0 Å². The van der Waals surface area contributed by atoms with E-state index in [9.17, 15) is 0 Å². The van der Waals surface area contributed by atoms with Gasteiger partial charge in [-0.3, -0.25) is 0 Å². The number of nitrogens with zero attached hydrogens (tertiary/aromatic N) is 2. The molecule has 0 amide bonds. The maximum atomic E-state index is 5.98. The van der Waals surface area contributed by atoms with Gasteiger partial charge in [0.25, 0.3) is 0 Å². The third-order valence-electron chi connectivity index (χ3n) is 3.55. The lowest BCUT2D eigenvalue weighted by molar-refractivity contribution is 0.352. The van der Waals surface area contributed by atoms with Gasteiger partial charge >= 0.3 is 0 Å². The Morgan fingerprint density at radius 2 is 2.00 bits per heavy atom. The molecule has 1 aliphatic rings. The molecule has 1 heterocycles. The van der Waals surface area contributed by atoms with Crippen molar-refractivity contribution in [1.82, 2.24) is 15.5 Å². The van der Waals surface area contributed by atoms with Crippen molar-refractivity contribution in [2.75, 3.05) is 7.05 Å². The zero-order chi connectivity index (χ0) is 14.1. The first-order valence-corrected chi connectivity index (χ1v) is 7.37. The van der Waals surface area contributed by atoms with Gasteiger partial charge in [0, 0.05) is 28.1 Å². The Morgan fingerprint density at radius 3 is 2.60 bits per heavy atom. The largest absolute Gasteiger partial charge is 0.339 e. The number of halogens is 2. The number of hydrogen-bond donors (Lipinski definition) is 1. The average Bonchev–Trinajstić information content (AvgIpc) is 3.14. The van der Waals surface area contributed by atoms with Crippen LogP contribution in [-0.4, -0.2) is 23.2 Å². The molecule has 3 rings (SSSR count). The van der Waals surface area contributed by atoms with Crippen LogP contribution in [0.5, 0.6) is 0 Å². The highest BCUT2D eigenvalue weighted by molar-refractivity contribution is 6.35. The summed E-state index contributed by atoms with van der Waals surface area (Å²) in [4.78, 5) is 4.43. The molecule has 0 saturated heterocycles. The van der Waals surface area contributed by atoms with E-state index < -0.39 is 0 Å². The van der Waals surface area contributed by atoms with Crippen LogP contribution in [0.2, 0.25) is 10.0 Å². The normalized spacial score (nSPS) is 16.4. The van der Waals surface area contributed by atoms with E-state index in [1.54, 1.807) is 18.2 Å². The molecule has 0 aliphatic heterocycles. The van der Waals surface area contributed by atoms with Crippen molar-refractivity contribution in [2.45, 2.75) is 25.3 Å². The molecule has 20 heavy (non-hydrogen) atoms. The molecule has 1 N–H and O–H groups in total. The van der Waals surface area contributed by atoms with Gasteiger partial charge in [0.1, 0.15) is 0 Å². The monoisotopic (exact) mass is 311 g/mol. The summed E-state index contributed by atoms with van der Waals surface area (Å²) in [5.41, 5.74) is 0.768. The van der Waals surface area contributed by atoms with Crippen LogP contribution in [0.15, 0.2) is 22.7 Å². The summed E-state index contributed by atoms with van der Waals surface area (Å²) in [7, 11) is 1.97. The van der Waals surface area contributed by atoms with E-state index in [1.807, 2.05) is 7.05 Å². The van der Waals surface area contributed by atoms with Crippen molar-refractivity contribution < 1.29 is 4.52 Å². The summed E-state index contributed by atoms with van der Waals surface area (Å²) in [5, 5.41) is 8.43. The Bertz CT molecular complexity index is 590. The van der Waals surface area contributed by atoms with E-state index in [0.29, 0.717) is 27.8 Å². The molecule has 6 heteroatoms. The molecule has 2 aromatic rings. The van der Waals surface area contributed by atoms with Gasteiger partial charge in [-0.2, -0.15) is 4.98 Å². The first-order chi connectivity index (χ1) is 9.65. The number of nitrogens with one attached hydrogen (secondary N) is 1. The molecule has 1 aliphatic carbocycles. The topological polar surface area (TPSA) is 51.0 Å². The van der Waals surface area contributed by atoms with E-state index in [4.69, 9.17) is 27.7 Å². The van der Waals surface area contributed by atoms with Gasteiger partial charge in [-0.05, 0) is 44.0 Å². The summed E-state index contributed by atoms with van der Waals surface area (Å²) < 4.78 is 5.32. The predicted octanol–water partition coefficient (Wildman–Crippen LogP) is 3.58. The highest BCUT2D eigenvalue weighted by atomic mass is 35.5. The summed E-state index contributed by atoms with van der Waals surface area (Å²) in [6.07, 6.45) is 3.30. The smallest absolute Gasteiger partial charge is 0.228 e. The maximum absolute atomic E-state index is 5.98. The number of aromatic nitrogens is 2. The molecule has 1 fully saturated rings. The zero-order valence-corrected chi connectivity index (χ0v) is 12.6.